The van der Waals surface area contributed by atoms with E-state index in [0.29, 0.717) is 25.7 Å². The first-order valence-electron chi connectivity index (χ1n) is 10.3. The standard InChI is InChI=1S/C22H35N3O4/c1-15(2)10-11-16(3)20(26)13-12-18-17(19(24-25-23)14-21(18)27)8-6-4-5-7-9-22(28)29/h4,6,10,12-13,16-21,26-27H,5,7-9,11,14H2,1-3H3,(H,28,29)/t16?,17-,18-,19+,20+,21-/m1/s1. The lowest BCUT2D eigenvalue weighted by atomic mass is 9.88. The van der Waals surface area contributed by atoms with E-state index in [9.17, 15) is 15.0 Å². The van der Waals surface area contributed by atoms with Crippen molar-refractivity contribution in [3.8, 4) is 0 Å². The number of hydrogen-bond donors (Lipinski definition) is 3. The van der Waals surface area contributed by atoms with E-state index in [1.54, 1.807) is 6.08 Å². The van der Waals surface area contributed by atoms with Crippen molar-refractivity contribution >= 4 is 5.97 Å². The molecule has 1 rings (SSSR count). The Balaban J connectivity index is 2.75. The summed E-state index contributed by atoms with van der Waals surface area (Å²) in [5, 5.41) is 33.4. The van der Waals surface area contributed by atoms with Gasteiger partial charge in [-0.15, -0.1) is 0 Å². The highest BCUT2D eigenvalue weighted by Gasteiger charge is 2.40. The maximum atomic E-state index is 10.6. The van der Waals surface area contributed by atoms with Crippen LogP contribution in [0.2, 0.25) is 0 Å². The molecule has 1 aliphatic rings. The molecule has 7 heteroatoms. The molecule has 0 radical (unpaired) electrons. The first kappa shape index (κ1) is 25.0. The number of aliphatic carboxylic acids is 1. The van der Waals surface area contributed by atoms with Crippen molar-refractivity contribution in [1.82, 2.24) is 0 Å². The van der Waals surface area contributed by atoms with Crippen LogP contribution in [-0.4, -0.2) is 39.5 Å². The van der Waals surface area contributed by atoms with Gasteiger partial charge in [-0.3, -0.25) is 4.79 Å². The smallest absolute Gasteiger partial charge is 0.303 e. The summed E-state index contributed by atoms with van der Waals surface area (Å²) in [5.41, 5.74) is 10.1. The largest absolute Gasteiger partial charge is 0.481 e. The highest BCUT2D eigenvalue weighted by molar-refractivity contribution is 5.66. The molecule has 1 fully saturated rings. The molecule has 3 N–H and O–H groups in total. The lowest BCUT2D eigenvalue weighted by Crippen LogP contribution is -2.21. The van der Waals surface area contributed by atoms with Gasteiger partial charge in [-0.2, -0.15) is 0 Å². The van der Waals surface area contributed by atoms with Gasteiger partial charge in [0.25, 0.3) is 0 Å². The van der Waals surface area contributed by atoms with Gasteiger partial charge in [-0.25, -0.2) is 0 Å². The van der Waals surface area contributed by atoms with Crippen LogP contribution < -0.4 is 0 Å². The maximum Gasteiger partial charge on any atom is 0.303 e. The van der Waals surface area contributed by atoms with Crippen LogP contribution in [-0.2, 0) is 4.79 Å². The van der Waals surface area contributed by atoms with Gasteiger partial charge < -0.3 is 15.3 Å². The van der Waals surface area contributed by atoms with Crippen molar-refractivity contribution < 1.29 is 20.1 Å². The molecule has 0 heterocycles. The first-order chi connectivity index (χ1) is 13.8. The van der Waals surface area contributed by atoms with E-state index < -0.39 is 18.2 Å². The molecular formula is C22H35N3O4. The Morgan fingerprint density at radius 1 is 1.34 bits per heavy atom. The highest BCUT2D eigenvalue weighted by atomic mass is 16.4. The first-order valence-corrected chi connectivity index (χ1v) is 10.3. The average Bonchev–Trinajstić information content (AvgIpc) is 2.95. The molecule has 7 nitrogen and oxygen atoms in total. The van der Waals surface area contributed by atoms with E-state index in [0.717, 1.165) is 6.42 Å². The van der Waals surface area contributed by atoms with E-state index in [4.69, 9.17) is 10.6 Å². The lowest BCUT2D eigenvalue weighted by Gasteiger charge is -2.21. The molecule has 0 aromatic heterocycles. The van der Waals surface area contributed by atoms with Gasteiger partial charge >= 0.3 is 5.97 Å². The van der Waals surface area contributed by atoms with E-state index in [1.165, 1.54) is 5.57 Å². The predicted molar refractivity (Wildman–Crippen MR) is 114 cm³/mol. The number of azide groups is 1. The number of carboxylic acids is 1. The molecular weight excluding hydrogens is 370 g/mol. The summed E-state index contributed by atoms with van der Waals surface area (Å²) in [6.45, 7) is 6.04. The number of hydrogen-bond acceptors (Lipinski definition) is 4. The molecule has 0 bridgehead atoms. The SMILES string of the molecule is CC(C)=CCC(C)[C@@H](O)C=C[C@@H]1[C@@H](CC=CCCCC(=O)O)[C@@H](N=[N+]=[N-])C[C@H]1O. The van der Waals surface area contributed by atoms with Crippen LogP contribution in [0.3, 0.4) is 0 Å². The van der Waals surface area contributed by atoms with E-state index in [1.807, 2.05) is 39.0 Å². The van der Waals surface area contributed by atoms with Gasteiger partial charge in [0, 0.05) is 23.3 Å². The number of carboxylic acid groups (broad SMARTS) is 1. The summed E-state index contributed by atoms with van der Waals surface area (Å²) in [6.07, 6.45) is 11.6. The second-order valence-electron chi connectivity index (χ2n) is 8.18. The molecule has 0 aromatic carbocycles. The Hall–Kier alpha value is -2.08. The molecule has 1 unspecified atom stereocenters. The number of nitrogens with zero attached hydrogens (tertiary/aromatic N) is 3. The fourth-order valence-corrected chi connectivity index (χ4v) is 3.64. The lowest BCUT2D eigenvalue weighted by molar-refractivity contribution is -0.137. The minimum absolute atomic E-state index is 0.0480. The monoisotopic (exact) mass is 405 g/mol. The van der Waals surface area contributed by atoms with Crippen molar-refractivity contribution in [2.24, 2.45) is 22.9 Å². The second kappa shape index (κ2) is 13.2. The van der Waals surface area contributed by atoms with Crippen LogP contribution in [0.15, 0.2) is 41.1 Å². The number of carbonyl (C=O) groups is 1. The zero-order chi connectivity index (χ0) is 21.8. The molecule has 162 valence electrons. The Morgan fingerprint density at radius 3 is 2.69 bits per heavy atom. The third-order valence-corrected chi connectivity index (χ3v) is 5.46. The predicted octanol–water partition coefficient (Wildman–Crippen LogP) is 4.77. The molecule has 0 aliphatic heterocycles. The van der Waals surface area contributed by atoms with Crippen LogP contribution in [0.5, 0.6) is 0 Å². The minimum atomic E-state index is -0.802. The average molecular weight is 406 g/mol. The van der Waals surface area contributed by atoms with Crippen molar-refractivity contribution in [2.75, 3.05) is 0 Å². The highest BCUT2D eigenvalue weighted by Crippen LogP contribution is 2.38. The van der Waals surface area contributed by atoms with Crippen molar-refractivity contribution in [2.45, 2.75) is 77.5 Å². The van der Waals surface area contributed by atoms with Gasteiger partial charge in [-0.05, 0) is 63.3 Å². The number of aliphatic hydroxyl groups excluding tert-OH is 2. The molecule has 0 aromatic rings. The van der Waals surface area contributed by atoms with Crippen molar-refractivity contribution in [3.63, 3.8) is 0 Å². The molecule has 0 saturated heterocycles. The fraction of sp³-hybridized carbons (Fsp3) is 0.682. The third kappa shape index (κ3) is 9.31. The fourth-order valence-electron chi connectivity index (χ4n) is 3.64. The summed E-state index contributed by atoms with van der Waals surface area (Å²) >= 11 is 0. The number of unbranched alkanes of at least 4 members (excludes halogenated alkanes) is 1. The number of rotatable bonds is 12. The minimum Gasteiger partial charge on any atom is -0.481 e. The van der Waals surface area contributed by atoms with Crippen LogP contribution >= 0.6 is 0 Å². The van der Waals surface area contributed by atoms with Crippen LogP contribution in [0.4, 0.5) is 0 Å². The second-order valence-corrected chi connectivity index (χ2v) is 8.18. The number of allylic oxidation sites excluding steroid dienone is 4. The van der Waals surface area contributed by atoms with Gasteiger partial charge in [-0.1, -0.05) is 48.0 Å². The zero-order valence-electron chi connectivity index (χ0n) is 17.7. The number of aliphatic hydroxyl groups is 2. The van der Waals surface area contributed by atoms with Gasteiger partial charge in [0.2, 0.25) is 0 Å². The molecule has 6 atom stereocenters. The summed E-state index contributed by atoms with van der Waals surface area (Å²) in [7, 11) is 0. The zero-order valence-corrected chi connectivity index (χ0v) is 17.7. The van der Waals surface area contributed by atoms with E-state index >= 15 is 0 Å². The Labute approximate surface area is 173 Å². The topological polar surface area (TPSA) is 127 Å². The molecule has 1 aliphatic carbocycles. The molecule has 1 saturated carbocycles. The summed E-state index contributed by atoms with van der Waals surface area (Å²) < 4.78 is 0. The van der Waals surface area contributed by atoms with Crippen molar-refractivity contribution in [1.29, 1.82) is 0 Å². The van der Waals surface area contributed by atoms with Crippen LogP contribution in [0.25, 0.3) is 10.4 Å². The van der Waals surface area contributed by atoms with Crippen molar-refractivity contribution in [3.05, 3.63) is 46.4 Å². The molecule has 0 amide bonds. The maximum absolute atomic E-state index is 10.6. The quantitative estimate of drug-likeness (QED) is 0.142. The van der Waals surface area contributed by atoms with Crippen LogP contribution in [0.1, 0.15) is 59.3 Å². The summed E-state index contributed by atoms with van der Waals surface area (Å²) in [6, 6.07) is -0.298. The molecule has 0 spiro atoms. The summed E-state index contributed by atoms with van der Waals surface area (Å²) in [4.78, 5) is 13.5. The third-order valence-electron chi connectivity index (χ3n) is 5.46. The normalized spacial score (nSPS) is 26.4. The van der Waals surface area contributed by atoms with E-state index in [-0.39, 0.29) is 30.2 Å². The van der Waals surface area contributed by atoms with Crippen LogP contribution in [0, 0.1) is 17.8 Å². The van der Waals surface area contributed by atoms with Gasteiger partial charge in [0.05, 0.1) is 12.2 Å². The Bertz CT molecular complexity index is 648. The van der Waals surface area contributed by atoms with Gasteiger partial charge in [0.1, 0.15) is 0 Å². The Kier molecular flexibility index (Phi) is 11.4. The summed E-state index contributed by atoms with van der Waals surface area (Å²) in [5.74, 6) is -0.976. The Morgan fingerprint density at radius 2 is 2.07 bits per heavy atom. The molecule has 29 heavy (non-hydrogen) atoms. The van der Waals surface area contributed by atoms with Gasteiger partial charge in [0.15, 0.2) is 0 Å². The van der Waals surface area contributed by atoms with E-state index in [2.05, 4.69) is 16.1 Å².